The summed E-state index contributed by atoms with van der Waals surface area (Å²) in [6.45, 7) is -0.188. The largest absolute Gasteiger partial charge is 0.750 e. The molecule has 0 spiro atoms. The molecule has 0 amide bonds. The van der Waals surface area contributed by atoms with Gasteiger partial charge in [-0.05, 0) is 12.8 Å². The molecule has 0 aromatic carbocycles. The van der Waals surface area contributed by atoms with Gasteiger partial charge in [0.05, 0.1) is 18.0 Å². The van der Waals surface area contributed by atoms with Crippen LogP contribution in [0.1, 0.15) is 19.3 Å². The molecule has 0 aliphatic heterocycles. The van der Waals surface area contributed by atoms with Crippen molar-refractivity contribution in [3.05, 3.63) is 0 Å². The highest BCUT2D eigenvalue weighted by Gasteiger charge is 2.25. The van der Waals surface area contributed by atoms with E-state index in [0.717, 1.165) is 0 Å². The van der Waals surface area contributed by atoms with Crippen molar-refractivity contribution in [2.75, 3.05) is 6.61 Å². The van der Waals surface area contributed by atoms with E-state index in [0.29, 0.717) is 0 Å². The lowest BCUT2D eigenvalue weighted by Gasteiger charge is -2.06. The zero-order valence-corrected chi connectivity index (χ0v) is 6.91. The van der Waals surface area contributed by atoms with Crippen LogP contribution in [0.25, 0.3) is 0 Å². The van der Waals surface area contributed by atoms with Crippen molar-refractivity contribution in [2.24, 2.45) is 0 Å². The van der Waals surface area contributed by atoms with Crippen LogP contribution in [0.5, 0.6) is 0 Å². The van der Waals surface area contributed by atoms with Gasteiger partial charge in [0, 0.05) is 6.42 Å². The fourth-order valence-electron chi connectivity index (χ4n) is 0.554. The van der Waals surface area contributed by atoms with Crippen LogP contribution in [-0.4, -0.2) is 21.5 Å². The monoisotopic (exact) mass is 205 g/mol. The van der Waals surface area contributed by atoms with Gasteiger partial charge in [-0.2, -0.15) is 13.2 Å². The predicted octanol–water partition coefficient (Wildman–Crippen LogP) is 1.53. The maximum Gasteiger partial charge on any atom is 0.389 e. The first-order valence-electron chi connectivity index (χ1n) is 3.21. The Bertz CT molecular complexity index is 147. The van der Waals surface area contributed by atoms with Crippen molar-refractivity contribution in [1.82, 2.24) is 0 Å². The lowest BCUT2D eigenvalue weighted by atomic mass is 10.2. The van der Waals surface area contributed by atoms with Gasteiger partial charge in [-0.25, -0.2) is 4.21 Å². The van der Waals surface area contributed by atoms with Gasteiger partial charge in [-0.1, -0.05) is 0 Å². The van der Waals surface area contributed by atoms with Gasteiger partial charge >= 0.3 is 6.18 Å². The van der Waals surface area contributed by atoms with E-state index in [1.807, 2.05) is 0 Å². The molecule has 0 saturated heterocycles. The number of alkyl halides is 3. The molecule has 0 aliphatic rings. The van der Waals surface area contributed by atoms with Gasteiger partial charge in [0.2, 0.25) is 0 Å². The molecule has 0 aliphatic carbocycles. The van der Waals surface area contributed by atoms with Gasteiger partial charge in [0.25, 0.3) is 0 Å². The molecule has 0 aromatic heterocycles. The second-order valence-electron chi connectivity index (χ2n) is 2.10. The highest BCUT2D eigenvalue weighted by molar-refractivity contribution is 7.74. The van der Waals surface area contributed by atoms with E-state index in [1.54, 1.807) is 0 Å². The van der Waals surface area contributed by atoms with Gasteiger partial charge < -0.3 is 8.74 Å². The predicted molar refractivity (Wildman–Crippen MR) is 34.8 cm³/mol. The Balaban J connectivity index is 3.17. The summed E-state index contributed by atoms with van der Waals surface area (Å²) in [6, 6.07) is 0. The van der Waals surface area contributed by atoms with E-state index in [9.17, 15) is 21.9 Å². The molecule has 12 heavy (non-hydrogen) atoms. The Hall–Kier alpha value is -0.140. The van der Waals surface area contributed by atoms with Gasteiger partial charge in [-0.15, -0.1) is 0 Å². The van der Waals surface area contributed by atoms with E-state index in [1.165, 1.54) is 0 Å². The number of hydrogen-bond acceptors (Lipinski definition) is 3. The molecule has 0 bridgehead atoms. The van der Waals surface area contributed by atoms with Crippen LogP contribution in [0, 0.1) is 0 Å². The average molecular weight is 205 g/mol. The third-order valence-corrected chi connectivity index (χ3v) is 1.39. The first-order valence-corrected chi connectivity index (χ1v) is 4.21. The lowest BCUT2D eigenvalue weighted by Crippen LogP contribution is -2.07. The fourth-order valence-corrected chi connectivity index (χ4v) is 0.808. The third kappa shape index (κ3) is 9.86. The molecule has 0 saturated carbocycles. The van der Waals surface area contributed by atoms with E-state index >= 15 is 0 Å². The maximum atomic E-state index is 11.5. The van der Waals surface area contributed by atoms with Gasteiger partial charge in [0.15, 0.2) is 0 Å². The minimum absolute atomic E-state index is 0.0908. The second-order valence-corrected chi connectivity index (χ2v) is 2.74. The number of halogens is 3. The van der Waals surface area contributed by atoms with Gasteiger partial charge in [-0.3, -0.25) is 0 Å². The second kappa shape index (κ2) is 5.50. The summed E-state index contributed by atoms with van der Waals surface area (Å²) < 4.78 is 57.9. The third-order valence-electron chi connectivity index (χ3n) is 1.03. The van der Waals surface area contributed by atoms with E-state index in [2.05, 4.69) is 4.18 Å². The van der Waals surface area contributed by atoms with Crippen LogP contribution in [0.3, 0.4) is 0 Å². The molecule has 0 aromatic rings. The fraction of sp³-hybridized carbons (Fsp3) is 1.00. The van der Waals surface area contributed by atoms with Crippen LogP contribution in [-0.2, 0) is 15.5 Å². The summed E-state index contributed by atoms with van der Waals surface area (Å²) >= 11 is -2.62. The highest BCUT2D eigenvalue weighted by atomic mass is 32.2. The molecule has 74 valence electrons. The minimum Gasteiger partial charge on any atom is -0.750 e. The van der Waals surface area contributed by atoms with Gasteiger partial charge in [0.1, 0.15) is 0 Å². The van der Waals surface area contributed by atoms with Crippen molar-refractivity contribution >= 4 is 11.4 Å². The zero-order chi connectivity index (χ0) is 9.61. The van der Waals surface area contributed by atoms with Crippen molar-refractivity contribution in [1.29, 1.82) is 0 Å². The molecule has 7 heteroatoms. The Morgan fingerprint density at radius 2 is 1.92 bits per heavy atom. The van der Waals surface area contributed by atoms with Crippen molar-refractivity contribution in [3.63, 3.8) is 0 Å². The maximum absolute atomic E-state index is 11.5. The van der Waals surface area contributed by atoms with Crippen molar-refractivity contribution in [2.45, 2.75) is 25.4 Å². The molecule has 1 unspecified atom stereocenters. The quantitative estimate of drug-likeness (QED) is 0.505. The lowest BCUT2D eigenvalue weighted by molar-refractivity contribution is -0.135. The molecule has 0 fully saturated rings. The summed E-state index contributed by atoms with van der Waals surface area (Å²) in [5.41, 5.74) is 0. The Labute approximate surface area is 70.4 Å². The summed E-state index contributed by atoms with van der Waals surface area (Å²) in [5.74, 6) is 0. The van der Waals surface area contributed by atoms with Crippen LogP contribution in [0.15, 0.2) is 0 Å². The van der Waals surface area contributed by atoms with E-state index in [-0.39, 0.29) is 19.4 Å². The number of hydrogen-bond donors (Lipinski definition) is 0. The number of unbranched alkanes of at least 4 members (excludes halogenated alkanes) is 1. The standard InChI is InChI=1S/C5H9F3O3S/c6-5(7,8)3-1-2-4-11-12(9)10/h1-4H2,(H,9,10)/p-1. The molecule has 3 nitrogen and oxygen atoms in total. The molecule has 1 atom stereocenters. The smallest absolute Gasteiger partial charge is 0.389 e. The van der Waals surface area contributed by atoms with Crippen LogP contribution in [0.4, 0.5) is 13.2 Å². The first-order chi connectivity index (χ1) is 5.42. The molecular weight excluding hydrogens is 197 g/mol. The average Bonchev–Trinajstić information content (AvgIpc) is 1.83. The summed E-state index contributed by atoms with van der Waals surface area (Å²) in [5, 5.41) is 0. The molecule has 0 N–H and O–H groups in total. The Morgan fingerprint density at radius 1 is 1.33 bits per heavy atom. The highest BCUT2D eigenvalue weighted by Crippen LogP contribution is 2.21. The van der Waals surface area contributed by atoms with Crippen LogP contribution >= 0.6 is 0 Å². The van der Waals surface area contributed by atoms with Crippen LogP contribution < -0.4 is 0 Å². The van der Waals surface area contributed by atoms with E-state index in [4.69, 9.17) is 0 Å². The SMILES string of the molecule is O=S([O-])OCCCCC(F)(F)F. The Morgan fingerprint density at radius 3 is 2.33 bits per heavy atom. The zero-order valence-electron chi connectivity index (χ0n) is 6.10. The normalized spacial score (nSPS) is 14.7. The minimum atomic E-state index is -4.17. The number of rotatable bonds is 5. The summed E-state index contributed by atoms with van der Waals surface area (Å²) in [6.07, 6.45) is -5.09. The molecule has 0 rings (SSSR count). The Kier molecular flexibility index (Phi) is 5.43. The van der Waals surface area contributed by atoms with Crippen molar-refractivity contribution < 1.29 is 26.1 Å². The topological polar surface area (TPSA) is 49.4 Å². The van der Waals surface area contributed by atoms with E-state index < -0.39 is 24.0 Å². The molecular formula is C5H8F3O3S-. The van der Waals surface area contributed by atoms with Crippen molar-refractivity contribution in [3.8, 4) is 0 Å². The first kappa shape index (κ1) is 11.9. The molecule has 0 radical (unpaired) electrons. The summed E-state index contributed by atoms with van der Waals surface area (Å²) in [4.78, 5) is 0. The molecule has 0 heterocycles. The van der Waals surface area contributed by atoms with Crippen LogP contribution in [0.2, 0.25) is 0 Å². The summed E-state index contributed by atoms with van der Waals surface area (Å²) in [7, 11) is 0.